The Morgan fingerprint density at radius 2 is 1.92 bits per heavy atom. The Balaban J connectivity index is 1.20. The molecule has 12 heteroatoms. The summed E-state index contributed by atoms with van der Waals surface area (Å²) in [6, 6.07) is 8.13. The van der Waals surface area contributed by atoms with Crippen LogP contribution in [0.4, 0.5) is 18.9 Å². The summed E-state index contributed by atoms with van der Waals surface area (Å²) in [6.07, 6.45) is -0.831. The number of benzene rings is 1. The van der Waals surface area contributed by atoms with Crippen LogP contribution in [-0.4, -0.2) is 82.3 Å². The summed E-state index contributed by atoms with van der Waals surface area (Å²) in [7, 11) is 0. The van der Waals surface area contributed by atoms with E-state index in [1.165, 1.54) is 6.07 Å². The molecule has 0 spiro atoms. The fourth-order valence-electron chi connectivity index (χ4n) is 4.98. The van der Waals surface area contributed by atoms with E-state index in [-0.39, 0.29) is 18.1 Å². The lowest BCUT2D eigenvalue weighted by Crippen LogP contribution is -2.46. The highest BCUT2D eigenvalue weighted by Crippen LogP contribution is 2.27. The minimum absolute atomic E-state index is 0.00799. The number of hydrogen-bond acceptors (Lipinski definition) is 6. The maximum Gasteiger partial charge on any atom is 0.433 e. The quantitative estimate of drug-likeness (QED) is 0.526. The van der Waals surface area contributed by atoms with Gasteiger partial charge in [0.25, 0.3) is 5.91 Å². The molecule has 5 rings (SSSR count). The number of aromatic nitrogens is 3. The van der Waals surface area contributed by atoms with Crippen LogP contribution in [0.15, 0.2) is 42.6 Å². The van der Waals surface area contributed by atoms with Gasteiger partial charge in [0.1, 0.15) is 17.9 Å². The molecule has 2 aromatic heterocycles. The van der Waals surface area contributed by atoms with Gasteiger partial charge >= 0.3 is 6.18 Å². The van der Waals surface area contributed by atoms with E-state index in [0.717, 1.165) is 70.9 Å². The van der Waals surface area contributed by atoms with E-state index < -0.39 is 17.8 Å². The number of likely N-dealkylation sites (tertiary alicyclic amines) is 1. The molecular formula is C26H29F3N6O3. The number of alkyl halides is 3. The van der Waals surface area contributed by atoms with Gasteiger partial charge in [-0.3, -0.25) is 19.2 Å². The molecule has 3 aromatic rings. The molecule has 2 amide bonds. The zero-order chi connectivity index (χ0) is 26.7. The van der Waals surface area contributed by atoms with Crippen molar-refractivity contribution in [2.45, 2.75) is 25.6 Å². The lowest BCUT2D eigenvalue weighted by molar-refractivity contribution is -0.141. The molecule has 2 aliphatic heterocycles. The van der Waals surface area contributed by atoms with Crippen molar-refractivity contribution in [1.82, 2.24) is 24.6 Å². The van der Waals surface area contributed by atoms with E-state index in [9.17, 15) is 22.8 Å². The van der Waals surface area contributed by atoms with Gasteiger partial charge in [-0.15, -0.1) is 0 Å². The van der Waals surface area contributed by atoms with Crippen molar-refractivity contribution >= 4 is 28.4 Å². The first-order valence-electron chi connectivity index (χ1n) is 12.7. The molecule has 9 nitrogen and oxygen atoms in total. The molecule has 4 heterocycles. The lowest BCUT2D eigenvalue weighted by atomic mass is 9.97. The third-order valence-electron chi connectivity index (χ3n) is 6.87. The Hall–Kier alpha value is -3.51. The van der Waals surface area contributed by atoms with Crippen LogP contribution in [0, 0.1) is 5.92 Å². The zero-order valence-electron chi connectivity index (χ0n) is 20.8. The summed E-state index contributed by atoms with van der Waals surface area (Å²) in [5.41, 5.74) is -0.450. The number of pyridine rings is 1. The third-order valence-corrected chi connectivity index (χ3v) is 6.87. The second-order valence-corrected chi connectivity index (χ2v) is 9.72. The van der Waals surface area contributed by atoms with Gasteiger partial charge in [-0.1, -0.05) is 6.07 Å². The number of nitrogens with zero attached hydrogens (tertiary/aromatic N) is 5. The summed E-state index contributed by atoms with van der Waals surface area (Å²) >= 11 is 0. The van der Waals surface area contributed by atoms with Gasteiger partial charge in [-0.25, -0.2) is 4.98 Å². The normalized spacial score (nSPS) is 19.0. The van der Waals surface area contributed by atoms with Crippen molar-refractivity contribution in [2.24, 2.45) is 5.92 Å². The molecule has 2 aliphatic rings. The van der Waals surface area contributed by atoms with Crippen molar-refractivity contribution in [1.29, 1.82) is 0 Å². The highest BCUT2D eigenvalue weighted by atomic mass is 19.4. The number of nitrogens with one attached hydrogen (secondary N) is 1. The average Bonchev–Trinajstić information content (AvgIpc) is 3.30. The number of carbonyl (C=O) groups excluding carboxylic acids is 2. The van der Waals surface area contributed by atoms with Gasteiger partial charge in [0, 0.05) is 50.0 Å². The molecule has 0 unspecified atom stereocenters. The van der Waals surface area contributed by atoms with Crippen LogP contribution < -0.4 is 5.32 Å². The van der Waals surface area contributed by atoms with E-state index in [1.54, 1.807) is 29.1 Å². The number of rotatable bonds is 6. The maximum atomic E-state index is 13.0. The van der Waals surface area contributed by atoms with Gasteiger partial charge in [-0.2, -0.15) is 18.3 Å². The van der Waals surface area contributed by atoms with Crippen LogP contribution in [-0.2, 0) is 22.3 Å². The molecule has 0 bridgehead atoms. The zero-order valence-corrected chi connectivity index (χ0v) is 20.8. The molecule has 2 saturated heterocycles. The fraction of sp³-hybridized carbons (Fsp3) is 0.462. The Bertz CT molecular complexity index is 1300. The maximum absolute atomic E-state index is 13.0. The Kier molecular flexibility index (Phi) is 7.61. The Morgan fingerprint density at radius 1 is 1.11 bits per heavy atom. The number of fused-ring (bicyclic) bond motifs is 1. The highest BCUT2D eigenvalue weighted by molar-refractivity contribution is 6.03. The number of halogens is 3. The van der Waals surface area contributed by atoms with E-state index in [2.05, 4.69) is 20.3 Å². The van der Waals surface area contributed by atoms with E-state index in [1.807, 2.05) is 4.90 Å². The second-order valence-electron chi connectivity index (χ2n) is 9.72. The molecule has 1 atom stereocenters. The van der Waals surface area contributed by atoms with Crippen LogP contribution in [0.3, 0.4) is 0 Å². The largest absolute Gasteiger partial charge is 0.433 e. The highest BCUT2D eigenvalue weighted by Gasteiger charge is 2.33. The Labute approximate surface area is 217 Å². The first-order chi connectivity index (χ1) is 18.2. The van der Waals surface area contributed by atoms with E-state index >= 15 is 0 Å². The third kappa shape index (κ3) is 6.30. The number of carbonyl (C=O) groups is 2. The summed E-state index contributed by atoms with van der Waals surface area (Å²) < 4.78 is 45.8. The van der Waals surface area contributed by atoms with Crippen LogP contribution in [0.1, 0.15) is 29.0 Å². The Morgan fingerprint density at radius 3 is 2.71 bits per heavy atom. The number of anilines is 1. The van der Waals surface area contributed by atoms with Crippen molar-refractivity contribution in [3.63, 3.8) is 0 Å². The molecule has 2 fully saturated rings. The number of amides is 2. The van der Waals surface area contributed by atoms with Crippen LogP contribution in [0.2, 0.25) is 0 Å². The topological polar surface area (TPSA) is 92.6 Å². The van der Waals surface area contributed by atoms with E-state index in [4.69, 9.17) is 4.74 Å². The van der Waals surface area contributed by atoms with Gasteiger partial charge in [0.15, 0.2) is 0 Å². The number of ether oxygens (including phenoxy) is 1. The number of piperidine rings is 1. The smallest absolute Gasteiger partial charge is 0.379 e. The number of hydrogen-bond donors (Lipinski definition) is 1. The molecule has 202 valence electrons. The minimum Gasteiger partial charge on any atom is -0.379 e. The first-order valence-corrected chi connectivity index (χ1v) is 12.7. The van der Waals surface area contributed by atoms with Crippen molar-refractivity contribution in [3.8, 4) is 0 Å². The summed E-state index contributed by atoms with van der Waals surface area (Å²) in [5.74, 6) is -0.302. The van der Waals surface area contributed by atoms with Crippen molar-refractivity contribution in [2.75, 3.05) is 51.3 Å². The summed E-state index contributed by atoms with van der Waals surface area (Å²) in [5, 5.41) is 7.74. The molecule has 38 heavy (non-hydrogen) atoms. The molecule has 1 aromatic carbocycles. The van der Waals surface area contributed by atoms with Gasteiger partial charge < -0.3 is 15.0 Å². The number of morpholine rings is 1. The predicted molar refractivity (Wildman–Crippen MR) is 133 cm³/mol. The minimum atomic E-state index is -4.64. The van der Waals surface area contributed by atoms with Crippen molar-refractivity contribution in [3.05, 3.63) is 54.0 Å². The standard InChI is InChI=1S/C26H29F3N6O3/c27-26(28,29)23-5-1-4-22(31-23)25(37)30-20-6-7-21-19(13-20)16-35(32-21)17-24(36)34-8-2-3-18(15-34)14-33-9-11-38-12-10-33/h1,4-7,13,16,18H,2-3,8-12,14-15,17H2,(H,30,37)/t18-/m1/s1. The van der Waals surface area contributed by atoms with Crippen LogP contribution >= 0.6 is 0 Å². The molecular weight excluding hydrogens is 501 g/mol. The lowest BCUT2D eigenvalue weighted by Gasteiger charge is -2.36. The van der Waals surface area contributed by atoms with Gasteiger partial charge in [-0.05, 0) is 49.1 Å². The van der Waals surface area contributed by atoms with Crippen LogP contribution in [0.5, 0.6) is 0 Å². The molecule has 1 N–H and O–H groups in total. The molecule has 0 radical (unpaired) electrons. The van der Waals surface area contributed by atoms with Crippen LogP contribution in [0.25, 0.3) is 10.9 Å². The first kappa shape index (κ1) is 26.1. The fourth-order valence-corrected chi connectivity index (χ4v) is 4.98. The molecule has 0 aliphatic carbocycles. The summed E-state index contributed by atoms with van der Waals surface area (Å²) in [6.45, 7) is 5.94. The average molecular weight is 531 g/mol. The van der Waals surface area contributed by atoms with E-state index in [0.29, 0.717) is 22.5 Å². The molecule has 0 saturated carbocycles. The SMILES string of the molecule is O=C(Nc1ccc2nn(CC(=O)N3CCC[C@H](CN4CCOCC4)C3)cc2c1)c1cccc(C(F)(F)F)n1. The van der Waals surface area contributed by atoms with Gasteiger partial charge in [0.2, 0.25) is 5.91 Å². The second kappa shape index (κ2) is 11.1. The summed E-state index contributed by atoms with van der Waals surface area (Å²) in [4.78, 5) is 33.3. The predicted octanol–water partition coefficient (Wildman–Crippen LogP) is 3.27. The van der Waals surface area contributed by atoms with Gasteiger partial charge in [0.05, 0.1) is 18.7 Å². The van der Waals surface area contributed by atoms with Crippen molar-refractivity contribution < 1.29 is 27.5 Å². The monoisotopic (exact) mass is 530 g/mol.